The highest BCUT2D eigenvalue weighted by atomic mass is 32.2. The van der Waals surface area contributed by atoms with Gasteiger partial charge in [0.05, 0.1) is 0 Å². The van der Waals surface area contributed by atoms with Gasteiger partial charge in [0.2, 0.25) is 0 Å². The van der Waals surface area contributed by atoms with Crippen molar-refractivity contribution in [2.75, 3.05) is 0 Å². The summed E-state index contributed by atoms with van der Waals surface area (Å²) < 4.78 is 26.9. The molecule has 0 aliphatic carbocycles. The quantitative estimate of drug-likeness (QED) is 0.919. The average molecular weight is 351 g/mol. The summed E-state index contributed by atoms with van der Waals surface area (Å²) in [6.07, 6.45) is 0. The number of aliphatic carboxylic acids is 1. The van der Waals surface area contributed by atoms with Crippen molar-refractivity contribution >= 4 is 27.3 Å². The van der Waals surface area contributed by atoms with E-state index in [-0.39, 0.29) is 16.7 Å². The van der Waals surface area contributed by atoms with Crippen LogP contribution in [0.1, 0.15) is 19.4 Å². The van der Waals surface area contributed by atoms with Crippen LogP contribution in [-0.2, 0) is 21.4 Å². The number of thiophene rings is 1. The summed E-state index contributed by atoms with van der Waals surface area (Å²) in [6.45, 7) is 3.56. The summed E-state index contributed by atoms with van der Waals surface area (Å²) in [5.74, 6) is -1.41. The molecule has 1 aromatic heterocycles. The van der Waals surface area contributed by atoms with Crippen LogP contribution in [0.5, 0.6) is 0 Å². The zero-order valence-corrected chi connectivity index (χ0v) is 14.4. The molecular weight excluding hydrogens is 334 g/mol. The van der Waals surface area contributed by atoms with E-state index < -0.39 is 22.0 Å². The molecule has 1 aliphatic rings. The first-order chi connectivity index (χ1) is 10.8. The van der Waals surface area contributed by atoms with Crippen LogP contribution in [0.4, 0.5) is 0 Å². The molecule has 3 rings (SSSR count). The van der Waals surface area contributed by atoms with Crippen molar-refractivity contribution in [3.05, 3.63) is 42.0 Å². The van der Waals surface area contributed by atoms with E-state index in [2.05, 4.69) is 0 Å². The molecule has 0 fully saturated rings. The number of carboxylic acids is 1. The van der Waals surface area contributed by atoms with Crippen molar-refractivity contribution in [2.24, 2.45) is 5.92 Å². The van der Waals surface area contributed by atoms with E-state index in [1.807, 2.05) is 36.4 Å². The minimum absolute atomic E-state index is 0.121. The molecule has 1 aromatic carbocycles. The molecule has 1 N–H and O–H groups in total. The fourth-order valence-corrected chi connectivity index (χ4v) is 6.33. The van der Waals surface area contributed by atoms with Crippen LogP contribution in [-0.4, -0.2) is 29.8 Å². The van der Waals surface area contributed by atoms with Gasteiger partial charge in [0.25, 0.3) is 10.0 Å². The average Bonchev–Trinajstić information content (AvgIpc) is 3.00. The summed E-state index contributed by atoms with van der Waals surface area (Å²) in [4.78, 5) is 12.4. The van der Waals surface area contributed by atoms with Crippen LogP contribution in [0.25, 0.3) is 10.4 Å². The van der Waals surface area contributed by atoms with Crippen LogP contribution in [0, 0.1) is 5.92 Å². The molecule has 122 valence electrons. The second-order valence-corrected chi connectivity index (χ2v) is 9.00. The van der Waals surface area contributed by atoms with Crippen molar-refractivity contribution in [2.45, 2.75) is 30.6 Å². The number of nitrogens with zero attached hydrogens (tertiary/aromatic N) is 1. The maximum atomic E-state index is 12.8. The van der Waals surface area contributed by atoms with Gasteiger partial charge in [-0.1, -0.05) is 44.2 Å². The van der Waals surface area contributed by atoms with Gasteiger partial charge in [0.1, 0.15) is 10.3 Å². The molecule has 1 aliphatic heterocycles. The number of carbonyl (C=O) groups is 1. The number of fused-ring (bicyclic) bond motifs is 1. The Balaban J connectivity index is 2.01. The van der Waals surface area contributed by atoms with Gasteiger partial charge < -0.3 is 5.11 Å². The van der Waals surface area contributed by atoms with Crippen LogP contribution < -0.4 is 0 Å². The Bertz CT molecular complexity index is 840. The number of carboxylic acid groups (broad SMARTS) is 1. The summed E-state index contributed by atoms with van der Waals surface area (Å²) in [5.41, 5.74) is 1.65. The predicted molar refractivity (Wildman–Crippen MR) is 88.7 cm³/mol. The Labute approximate surface area is 139 Å². The fraction of sp³-hybridized carbons (Fsp3) is 0.312. The monoisotopic (exact) mass is 351 g/mol. The van der Waals surface area contributed by atoms with E-state index in [0.29, 0.717) is 5.56 Å². The largest absolute Gasteiger partial charge is 0.480 e. The molecule has 0 spiro atoms. The molecule has 1 unspecified atom stereocenters. The molecule has 5 nitrogen and oxygen atoms in total. The first-order valence-corrected chi connectivity index (χ1v) is 9.51. The third-order valence-corrected chi connectivity index (χ3v) is 7.50. The highest BCUT2D eigenvalue weighted by Gasteiger charge is 2.44. The smallest absolute Gasteiger partial charge is 0.322 e. The first kappa shape index (κ1) is 16.2. The van der Waals surface area contributed by atoms with Gasteiger partial charge >= 0.3 is 5.97 Å². The molecule has 0 saturated carbocycles. The van der Waals surface area contributed by atoms with Gasteiger partial charge in [0, 0.05) is 11.4 Å². The van der Waals surface area contributed by atoms with Crippen molar-refractivity contribution in [3.63, 3.8) is 0 Å². The third-order valence-electron chi connectivity index (χ3n) is 3.89. The Kier molecular flexibility index (Phi) is 4.03. The summed E-state index contributed by atoms with van der Waals surface area (Å²) in [7, 11) is -3.75. The molecule has 0 amide bonds. The SMILES string of the molecule is CC(C)C(C(=O)O)N1Cc2cc(-c3ccccc3)sc2S1(=O)=O. The van der Waals surface area contributed by atoms with E-state index in [4.69, 9.17) is 0 Å². The summed E-state index contributed by atoms with van der Waals surface area (Å²) in [6, 6.07) is 10.4. The highest BCUT2D eigenvalue weighted by molar-refractivity contribution is 7.91. The molecule has 7 heteroatoms. The van der Waals surface area contributed by atoms with Gasteiger partial charge in [-0.2, -0.15) is 4.31 Å². The van der Waals surface area contributed by atoms with E-state index in [1.165, 1.54) is 11.3 Å². The van der Waals surface area contributed by atoms with E-state index in [1.54, 1.807) is 13.8 Å². The normalized spacial score (nSPS) is 18.0. The Hall–Kier alpha value is -1.70. The molecule has 0 saturated heterocycles. The van der Waals surface area contributed by atoms with Gasteiger partial charge in [-0.15, -0.1) is 11.3 Å². The van der Waals surface area contributed by atoms with Crippen LogP contribution in [0.2, 0.25) is 0 Å². The molecule has 1 atom stereocenters. The Morgan fingerprint density at radius 3 is 2.43 bits per heavy atom. The number of sulfonamides is 1. The second-order valence-electron chi connectivity index (χ2n) is 5.87. The molecule has 0 bridgehead atoms. The van der Waals surface area contributed by atoms with Gasteiger partial charge in [-0.3, -0.25) is 4.79 Å². The standard InChI is InChI=1S/C16H17NO4S2/c1-10(2)14(15(18)19)17-9-12-8-13(11-6-4-3-5-7-11)22-16(12)23(17,20)21/h3-8,10,14H,9H2,1-2H3,(H,18,19). The first-order valence-electron chi connectivity index (χ1n) is 7.25. The molecule has 0 radical (unpaired) electrons. The lowest BCUT2D eigenvalue weighted by atomic mass is 10.0. The predicted octanol–water partition coefficient (Wildman–Crippen LogP) is 3.03. The van der Waals surface area contributed by atoms with Crippen molar-refractivity contribution < 1.29 is 18.3 Å². The lowest BCUT2D eigenvalue weighted by Gasteiger charge is -2.25. The number of hydrogen-bond donors (Lipinski definition) is 1. The van der Waals surface area contributed by atoms with Gasteiger partial charge in [0.15, 0.2) is 0 Å². The van der Waals surface area contributed by atoms with E-state index in [0.717, 1.165) is 14.7 Å². The maximum Gasteiger partial charge on any atom is 0.322 e. The number of hydrogen-bond acceptors (Lipinski definition) is 4. The summed E-state index contributed by atoms with van der Waals surface area (Å²) in [5, 5.41) is 9.38. The topological polar surface area (TPSA) is 74.7 Å². The molecule has 2 aromatic rings. The molecular formula is C16H17NO4S2. The Morgan fingerprint density at radius 2 is 1.91 bits per heavy atom. The van der Waals surface area contributed by atoms with E-state index >= 15 is 0 Å². The lowest BCUT2D eigenvalue weighted by molar-refractivity contribution is -0.143. The fourth-order valence-electron chi connectivity index (χ4n) is 2.83. The third kappa shape index (κ3) is 2.69. The van der Waals surface area contributed by atoms with E-state index in [9.17, 15) is 18.3 Å². The summed E-state index contributed by atoms with van der Waals surface area (Å²) >= 11 is 1.20. The number of benzene rings is 1. The number of rotatable bonds is 4. The van der Waals surface area contributed by atoms with Crippen LogP contribution >= 0.6 is 11.3 Å². The molecule has 23 heavy (non-hydrogen) atoms. The van der Waals surface area contributed by atoms with Gasteiger partial charge in [-0.25, -0.2) is 8.42 Å². The maximum absolute atomic E-state index is 12.8. The van der Waals surface area contributed by atoms with Crippen molar-refractivity contribution in [3.8, 4) is 10.4 Å². The van der Waals surface area contributed by atoms with Crippen LogP contribution in [0.3, 0.4) is 0 Å². The Morgan fingerprint density at radius 1 is 1.26 bits per heavy atom. The highest BCUT2D eigenvalue weighted by Crippen LogP contribution is 2.42. The second kappa shape index (κ2) is 5.74. The van der Waals surface area contributed by atoms with Gasteiger partial charge in [-0.05, 0) is 23.1 Å². The minimum Gasteiger partial charge on any atom is -0.480 e. The van der Waals surface area contributed by atoms with Crippen molar-refractivity contribution in [1.82, 2.24) is 4.31 Å². The minimum atomic E-state index is -3.75. The van der Waals surface area contributed by atoms with Crippen molar-refractivity contribution in [1.29, 1.82) is 0 Å². The lowest BCUT2D eigenvalue weighted by Crippen LogP contribution is -2.44. The zero-order chi connectivity index (χ0) is 16.8. The zero-order valence-electron chi connectivity index (χ0n) is 12.8. The van der Waals surface area contributed by atoms with Crippen LogP contribution in [0.15, 0.2) is 40.6 Å². The molecule has 2 heterocycles.